The first-order valence-corrected chi connectivity index (χ1v) is 7.19. The molecule has 0 aliphatic heterocycles. The normalized spacial score (nSPS) is 12.2. The van der Waals surface area contributed by atoms with E-state index < -0.39 is 6.10 Å². The van der Waals surface area contributed by atoms with Crippen molar-refractivity contribution in [1.82, 2.24) is 0 Å². The molecule has 0 saturated carbocycles. The van der Waals surface area contributed by atoms with Gasteiger partial charge in [-0.05, 0) is 43.5 Å². The zero-order valence-corrected chi connectivity index (χ0v) is 12.3. The van der Waals surface area contributed by atoms with Gasteiger partial charge in [-0.25, -0.2) is 0 Å². The van der Waals surface area contributed by atoms with Crippen molar-refractivity contribution in [3.05, 3.63) is 64.7 Å². The van der Waals surface area contributed by atoms with Crippen molar-refractivity contribution in [3.8, 4) is 5.75 Å². The lowest BCUT2D eigenvalue weighted by Gasteiger charge is -2.13. The van der Waals surface area contributed by atoms with Gasteiger partial charge in [-0.1, -0.05) is 41.9 Å². The van der Waals surface area contributed by atoms with Gasteiger partial charge >= 0.3 is 0 Å². The van der Waals surface area contributed by atoms with E-state index in [9.17, 15) is 5.11 Å². The second kappa shape index (κ2) is 7.32. The molecule has 0 bridgehead atoms. The number of rotatable bonds is 6. The highest BCUT2D eigenvalue weighted by Crippen LogP contribution is 2.28. The zero-order valence-electron chi connectivity index (χ0n) is 11.6. The van der Waals surface area contributed by atoms with Crippen LogP contribution in [-0.4, -0.2) is 11.7 Å². The Kier molecular flexibility index (Phi) is 5.45. The van der Waals surface area contributed by atoms with Gasteiger partial charge in [0.05, 0.1) is 12.7 Å². The fourth-order valence-electron chi connectivity index (χ4n) is 2.08. The van der Waals surface area contributed by atoms with E-state index in [4.69, 9.17) is 16.3 Å². The summed E-state index contributed by atoms with van der Waals surface area (Å²) in [7, 11) is 0. The summed E-state index contributed by atoms with van der Waals surface area (Å²) in [5, 5.41) is 10.3. The molecule has 0 spiro atoms. The van der Waals surface area contributed by atoms with Crippen molar-refractivity contribution in [2.75, 3.05) is 6.61 Å². The summed E-state index contributed by atoms with van der Waals surface area (Å²) in [6.07, 6.45) is 1.34. The van der Waals surface area contributed by atoms with Crippen molar-refractivity contribution >= 4 is 11.6 Å². The predicted molar refractivity (Wildman–Crippen MR) is 82.3 cm³/mol. The van der Waals surface area contributed by atoms with Crippen LogP contribution in [0.3, 0.4) is 0 Å². The molecule has 0 amide bonds. The van der Waals surface area contributed by atoms with E-state index in [0.29, 0.717) is 17.4 Å². The molecule has 0 aliphatic rings. The van der Waals surface area contributed by atoms with Crippen LogP contribution in [-0.2, 0) is 6.42 Å². The fourth-order valence-corrected chi connectivity index (χ4v) is 2.26. The molecule has 1 atom stereocenters. The first-order chi connectivity index (χ1) is 9.66. The molecule has 0 radical (unpaired) electrons. The quantitative estimate of drug-likeness (QED) is 0.799. The summed E-state index contributed by atoms with van der Waals surface area (Å²) in [5.74, 6) is 0.706. The second-order valence-corrected chi connectivity index (χ2v) is 5.23. The summed E-state index contributed by atoms with van der Waals surface area (Å²) in [5.41, 5.74) is 2.04. The molecule has 106 valence electrons. The van der Waals surface area contributed by atoms with Gasteiger partial charge in [0, 0.05) is 10.6 Å². The largest absolute Gasteiger partial charge is 0.493 e. The van der Waals surface area contributed by atoms with Gasteiger partial charge in [0.25, 0.3) is 0 Å². The average molecular weight is 291 g/mol. The highest BCUT2D eigenvalue weighted by molar-refractivity contribution is 6.30. The van der Waals surface area contributed by atoms with Crippen molar-refractivity contribution in [2.24, 2.45) is 0 Å². The van der Waals surface area contributed by atoms with E-state index in [0.717, 1.165) is 18.4 Å². The Morgan fingerprint density at radius 1 is 1.15 bits per heavy atom. The lowest BCUT2D eigenvalue weighted by molar-refractivity contribution is 0.191. The number of benzene rings is 2. The predicted octanol–water partition coefficient (Wildman–Crippen LogP) is 4.40. The van der Waals surface area contributed by atoms with Crippen molar-refractivity contribution in [1.29, 1.82) is 0 Å². The van der Waals surface area contributed by atoms with E-state index in [-0.39, 0.29) is 0 Å². The molecular weight excluding hydrogens is 272 g/mol. The molecule has 20 heavy (non-hydrogen) atoms. The zero-order chi connectivity index (χ0) is 14.4. The Morgan fingerprint density at radius 3 is 2.60 bits per heavy atom. The summed E-state index contributed by atoms with van der Waals surface area (Å²) in [4.78, 5) is 0. The van der Waals surface area contributed by atoms with Crippen LogP contribution < -0.4 is 4.74 Å². The third kappa shape index (κ3) is 4.26. The molecule has 0 heterocycles. The van der Waals surface area contributed by atoms with Gasteiger partial charge in [0.1, 0.15) is 5.75 Å². The third-order valence-electron chi connectivity index (χ3n) is 3.13. The molecule has 2 aromatic rings. The molecule has 3 heteroatoms. The summed E-state index contributed by atoms with van der Waals surface area (Å²) < 4.78 is 5.76. The number of aliphatic hydroxyl groups excluding tert-OH is 1. The van der Waals surface area contributed by atoms with Gasteiger partial charge in [-0.3, -0.25) is 0 Å². The van der Waals surface area contributed by atoms with Gasteiger partial charge < -0.3 is 9.84 Å². The van der Waals surface area contributed by atoms with Crippen LogP contribution in [0.5, 0.6) is 5.75 Å². The summed E-state index contributed by atoms with van der Waals surface area (Å²) >= 11 is 5.94. The molecular formula is C17H19ClO2. The number of halogens is 1. The molecule has 2 nitrogen and oxygen atoms in total. The molecule has 0 fully saturated rings. The van der Waals surface area contributed by atoms with E-state index in [2.05, 4.69) is 12.1 Å². The maximum absolute atomic E-state index is 9.72. The van der Waals surface area contributed by atoms with Crippen molar-refractivity contribution in [3.63, 3.8) is 0 Å². The average Bonchev–Trinajstić information content (AvgIpc) is 2.45. The smallest absolute Gasteiger partial charge is 0.125 e. The van der Waals surface area contributed by atoms with Gasteiger partial charge in [-0.2, -0.15) is 0 Å². The maximum atomic E-state index is 9.72. The minimum atomic E-state index is -0.585. The Balaban J connectivity index is 1.88. The Bertz CT molecular complexity index is 538. The van der Waals surface area contributed by atoms with E-state index >= 15 is 0 Å². The minimum Gasteiger partial charge on any atom is -0.493 e. The minimum absolute atomic E-state index is 0.585. The van der Waals surface area contributed by atoms with Crippen molar-refractivity contribution < 1.29 is 9.84 Å². The van der Waals surface area contributed by atoms with E-state index in [1.165, 1.54) is 5.56 Å². The van der Waals surface area contributed by atoms with Crippen LogP contribution in [0, 0.1) is 0 Å². The van der Waals surface area contributed by atoms with Crippen LogP contribution in [0.15, 0.2) is 48.5 Å². The van der Waals surface area contributed by atoms with E-state index in [1.807, 2.05) is 24.3 Å². The lowest BCUT2D eigenvalue weighted by Crippen LogP contribution is -2.03. The highest BCUT2D eigenvalue weighted by Gasteiger charge is 2.09. The number of ether oxygens (including phenoxy) is 1. The molecule has 0 aromatic heterocycles. The fraction of sp³-hybridized carbons (Fsp3) is 0.294. The maximum Gasteiger partial charge on any atom is 0.125 e. The van der Waals surface area contributed by atoms with Crippen LogP contribution >= 0.6 is 11.6 Å². The monoisotopic (exact) mass is 290 g/mol. The van der Waals surface area contributed by atoms with Crippen LogP contribution in [0.1, 0.15) is 30.6 Å². The third-order valence-corrected chi connectivity index (χ3v) is 3.37. The number of aryl methyl sites for hydroxylation is 1. The summed E-state index contributed by atoms with van der Waals surface area (Å²) in [6, 6.07) is 15.7. The standard InChI is InChI=1S/C17H19ClO2/c1-13(19)16-12-15(18)9-10-17(16)20-11-5-8-14-6-3-2-4-7-14/h2-4,6-7,9-10,12-13,19H,5,8,11H2,1H3/t13-/m1/s1. The molecule has 0 saturated heterocycles. The van der Waals surface area contributed by atoms with Crippen LogP contribution in [0.2, 0.25) is 5.02 Å². The van der Waals surface area contributed by atoms with Gasteiger partial charge in [0.2, 0.25) is 0 Å². The van der Waals surface area contributed by atoms with Gasteiger partial charge in [-0.15, -0.1) is 0 Å². The van der Waals surface area contributed by atoms with Crippen LogP contribution in [0.25, 0.3) is 0 Å². The molecule has 0 unspecified atom stereocenters. The van der Waals surface area contributed by atoms with Gasteiger partial charge in [0.15, 0.2) is 0 Å². The number of hydrogen-bond acceptors (Lipinski definition) is 2. The number of aliphatic hydroxyl groups is 1. The summed E-state index contributed by atoms with van der Waals surface area (Å²) in [6.45, 7) is 2.33. The molecule has 2 rings (SSSR count). The Morgan fingerprint density at radius 2 is 1.90 bits per heavy atom. The number of hydrogen-bond donors (Lipinski definition) is 1. The SMILES string of the molecule is C[C@@H](O)c1cc(Cl)ccc1OCCCc1ccccc1. The second-order valence-electron chi connectivity index (χ2n) is 4.80. The topological polar surface area (TPSA) is 29.5 Å². The Hall–Kier alpha value is -1.51. The molecule has 2 aromatic carbocycles. The molecule has 1 N–H and O–H groups in total. The van der Waals surface area contributed by atoms with E-state index in [1.54, 1.807) is 19.1 Å². The Labute approximate surface area is 125 Å². The lowest BCUT2D eigenvalue weighted by atomic mass is 10.1. The first kappa shape index (κ1) is 14.9. The first-order valence-electron chi connectivity index (χ1n) is 6.81. The molecule has 0 aliphatic carbocycles. The van der Waals surface area contributed by atoms with Crippen molar-refractivity contribution in [2.45, 2.75) is 25.9 Å². The van der Waals surface area contributed by atoms with Crippen LogP contribution in [0.4, 0.5) is 0 Å². The highest BCUT2D eigenvalue weighted by atomic mass is 35.5.